The van der Waals surface area contributed by atoms with Gasteiger partial charge in [0.15, 0.2) is 0 Å². The highest BCUT2D eigenvalue weighted by Crippen LogP contribution is 2.25. The van der Waals surface area contributed by atoms with Gasteiger partial charge in [0.25, 0.3) is 5.91 Å². The summed E-state index contributed by atoms with van der Waals surface area (Å²) in [6.07, 6.45) is 1.63. The summed E-state index contributed by atoms with van der Waals surface area (Å²) < 4.78 is 11.2. The third-order valence-electron chi connectivity index (χ3n) is 4.04. The molecule has 0 spiro atoms. The van der Waals surface area contributed by atoms with Crippen LogP contribution in [0.15, 0.2) is 18.3 Å². The average Bonchev–Trinajstić information content (AvgIpc) is 2.92. The number of carbonyl (C=O) groups excluding carboxylic acids is 1. The minimum Gasteiger partial charge on any atom is -0.382 e. The van der Waals surface area contributed by atoms with Crippen molar-refractivity contribution >= 4 is 16.8 Å². The van der Waals surface area contributed by atoms with Gasteiger partial charge in [-0.25, -0.2) is 0 Å². The predicted molar refractivity (Wildman–Crippen MR) is 87.6 cm³/mol. The molecule has 1 aromatic heterocycles. The molecule has 0 radical (unpaired) electrons. The Hall–Kier alpha value is -1.92. The van der Waals surface area contributed by atoms with Crippen molar-refractivity contribution in [1.29, 1.82) is 0 Å². The Labute approximate surface area is 135 Å². The molecule has 3 rings (SSSR count). The average molecular weight is 317 g/mol. The zero-order chi connectivity index (χ0) is 16.6. The van der Waals surface area contributed by atoms with E-state index < -0.39 is 5.60 Å². The van der Waals surface area contributed by atoms with Gasteiger partial charge < -0.3 is 14.4 Å². The summed E-state index contributed by atoms with van der Waals surface area (Å²) in [5, 5.41) is 7.96. The molecular weight excluding hydrogens is 294 g/mol. The highest BCUT2D eigenvalue weighted by atomic mass is 16.5. The molecule has 1 atom stereocenters. The summed E-state index contributed by atoms with van der Waals surface area (Å²) in [5.41, 5.74) is 2.09. The van der Waals surface area contributed by atoms with E-state index in [-0.39, 0.29) is 12.0 Å². The van der Waals surface area contributed by atoms with Crippen LogP contribution in [-0.4, -0.2) is 59.5 Å². The van der Waals surface area contributed by atoms with Crippen LogP contribution in [0, 0.1) is 6.92 Å². The van der Waals surface area contributed by atoms with E-state index in [2.05, 4.69) is 10.2 Å². The molecule has 2 heterocycles. The van der Waals surface area contributed by atoms with Gasteiger partial charge in [0.05, 0.1) is 35.6 Å². The van der Waals surface area contributed by atoms with Gasteiger partial charge in [0.1, 0.15) is 0 Å². The van der Waals surface area contributed by atoms with E-state index in [1.807, 2.05) is 37.8 Å². The number of nitrogens with one attached hydrogen (secondary N) is 1. The molecule has 1 amide bonds. The summed E-state index contributed by atoms with van der Waals surface area (Å²) >= 11 is 0. The zero-order valence-corrected chi connectivity index (χ0v) is 14.0. The first-order valence-corrected chi connectivity index (χ1v) is 7.79. The molecular formula is C17H23N3O3. The monoisotopic (exact) mass is 317 g/mol. The quantitative estimate of drug-likeness (QED) is 0.942. The van der Waals surface area contributed by atoms with Gasteiger partial charge in [0.2, 0.25) is 0 Å². The number of nitrogens with zero attached hydrogens (tertiary/aromatic N) is 2. The van der Waals surface area contributed by atoms with Crippen LogP contribution in [0.1, 0.15) is 29.8 Å². The molecule has 1 aliphatic heterocycles. The summed E-state index contributed by atoms with van der Waals surface area (Å²) in [4.78, 5) is 14.9. The van der Waals surface area contributed by atoms with Gasteiger partial charge in [-0.05, 0) is 38.5 Å². The van der Waals surface area contributed by atoms with Crippen molar-refractivity contribution in [3.63, 3.8) is 0 Å². The second kappa shape index (κ2) is 5.94. The Bertz CT molecular complexity index is 723. The van der Waals surface area contributed by atoms with Crippen LogP contribution in [0.2, 0.25) is 0 Å². The Balaban J connectivity index is 1.93. The number of H-pyrrole nitrogens is 1. The topological polar surface area (TPSA) is 67.5 Å². The van der Waals surface area contributed by atoms with Gasteiger partial charge in [-0.1, -0.05) is 0 Å². The second-order valence-electron chi connectivity index (χ2n) is 6.79. The van der Waals surface area contributed by atoms with Crippen LogP contribution in [0.3, 0.4) is 0 Å². The van der Waals surface area contributed by atoms with Crippen LogP contribution >= 0.6 is 0 Å². The lowest BCUT2D eigenvalue weighted by Gasteiger charge is -2.42. The number of rotatable bonds is 3. The van der Waals surface area contributed by atoms with Gasteiger partial charge in [-0.15, -0.1) is 0 Å². The van der Waals surface area contributed by atoms with Crippen molar-refractivity contribution in [2.45, 2.75) is 32.5 Å². The molecule has 124 valence electrons. The highest BCUT2D eigenvalue weighted by Gasteiger charge is 2.36. The number of ether oxygens (including phenoxy) is 2. The molecule has 0 bridgehead atoms. The van der Waals surface area contributed by atoms with Crippen LogP contribution in [0.5, 0.6) is 0 Å². The first kappa shape index (κ1) is 16.0. The third kappa shape index (κ3) is 3.23. The summed E-state index contributed by atoms with van der Waals surface area (Å²) in [6.45, 7) is 7.53. The first-order valence-electron chi connectivity index (χ1n) is 7.79. The number of aromatic amines is 1. The smallest absolute Gasteiger partial charge is 0.256 e. The number of aromatic nitrogens is 2. The number of morpholine rings is 1. The maximum absolute atomic E-state index is 13.1. The highest BCUT2D eigenvalue weighted by molar-refractivity contribution is 6.05. The fourth-order valence-corrected chi connectivity index (χ4v) is 3.27. The summed E-state index contributed by atoms with van der Waals surface area (Å²) in [5.74, 6) is 0.000396. The number of amides is 1. The lowest BCUT2D eigenvalue weighted by molar-refractivity contribution is -0.143. The number of carbonyl (C=O) groups is 1. The fraction of sp³-hybridized carbons (Fsp3) is 0.529. The first-order chi connectivity index (χ1) is 10.9. The van der Waals surface area contributed by atoms with Crippen LogP contribution in [0.25, 0.3) is 10.9 Å². The third-order valence-corrected chi connectivity index (χ3v) is 4.04. The minimum absolute atomic E-state index is 0.000396. The van der Waals surface area contributed by atoms with Crippen molar-refractivity contribution in [1.82, 2.24) is 15.1 Å². The van der Waals surface area contributed by atoms with Crippen molar-refractivity contribution in [3.05, 3.63) is 29.5 Å². The molecule has 2 aromatic rings. The molecule has 1 fully saturated rings. The maximum atomic E-state index is 13.1. The predicted octanol–water partition coefficient (Wildman–Crippen LogP) is 2.14. The van der Waals surface area contributed by atoms with Crippen LogP contribution < -0.4 is 0 Å². The maximum Gasteiger partial charge on any atom is 0.256 e. The SMILES string of the molecule is COC[C@H]1CN(C(=O)c2cc(C)cc3cn[nH]c23)CC(C)(C)O1. The van der Waals surface area contributed by atoms with Gasteiger partial charge in [-0.2, -0.15) is 5.10 Å². The lowest BCUT2D eigenvalue weighted by Crippen LogP contribution is -2.55. The Morgan fingerprint density at radius 1 is 1.52 bits per heavy atom. The molecule has 1 saturated heterocycles. The summed E-state index contributed by atoms with van der Waals surface area (Å²) in [6, 6.07) is 3.93. The molecule has 1 aliphatic rings. The van der Waals surface area contributed by atoms with E-state index in [1.54, 1.807) is 13.3 Å². The molecule has 0 saturated carbocycles. The van der Waals surface area contributed by atoms with Gasteiger partial charge >= 0.3 is 0 Å². The van der Waals surface area contributed by atoms with E-state index in [0.717, 1.165) is 16.5 Å². The molecule has 6 heteroatoms. The largest absolute Gasteiger partial charge is 0.382 e. The minimum atomic E-state index is -0.395. The Morgan fingerprint density at radius 2 is 2.30 bits per heavy atom. The number of fused-ring (bicyclic) bond motifs is 1. The standard InChI is InChI=1S/C17H23N3O3/c1-11-5-12-7-18-19-15(12)14(6-11)16(21)20-8-13(9-22-4)23-17(2,3)10-20/h5-7,13H,8-10H2,1-4H3,(H,18,19)/t13-/m1/s1. The molecule has 1 N–H and O–H groups in total. The summed E-state index contributed by atoms with van der Waals surface area (Å²) in [7, 11) is 1.64. The number of methoxy groups -OCH3 is 1. The van der Waals surface area contributed by atoms with E-state index in [1.165, 1.54) is 0 Å². The Kier molecular flexibility index (Phi) is 4.12. The van der Waals surface area contributed by atoms with Gasteiger partial charge in [0, 0.05) is 25.6 Å². The number of aryl methyl sites for hydroxylation is 1. The van der Waals surface area contributed by atoms with Crippen molar-refractivity contribution in [2.75, 3.05) is 26.8 Å². The van der Waals surface area contributed by atoms with E-state index in [9.17, 15) is 4.79 Å². The molecule has 0 aliphatic carbocycles. The zero-order valence-electron chi connectivity index (χ0n) is 14.0. The number of hydrogen-bond acceptors (Lipinski definition) is 4. The van der Waals surface area contributed by atoms with E-state index >= 15 is 0 Å². The molecule has 1 aromatic carbocycles. The number of hydrogen-bond donors (Lipinski definition) is 1. The van der Waals surface area contributed by atoms with Gasteiger partial charge in [-0.3, -0.25) is 9.89 Å². The lowest BCUT2D eigenvalue weighted by atomic mass is 10.0. The van der Waals surface area contributed by atoms with Crippen LogP contribution in [-0.2, 0) is 9.47 Å². The van der Waals surface area contributed by atoms with E-state index in [4.69, 9.17) is 9.47 Å². The van der Waals surface area contributed by atoms with Crippen molar-refractivity contribution < 1.29 is 14.3 Å². The van der Waals surface area contributed by atoms with Crippen molar-refractivity contribution in [2.24, 2.45) is 0 Å². The normalized spacial score (nSPS) is 20.9. The molecule has 23 heavy (non-hydrogen) atoms. The molecule has 0 unspecified atom stereocenters. The Morgan fingerprint density at radius 3 is 3.04 bits per heavy atom. The second-order valence-corrected chi connectivity index (χ2v) is 6.79. The van der Waals surface area contributed by atoms with E-state index in [0.29, 0.717) is 25.3 Å². The van der Waals surface area contributed by atoms with Crippen molar-refractivity contribution in [3.8, 4) is 0 Å². The fourth-order valence-electron chi connectivity index (χ4n) is 3.27. The molecule has 6 nitrogen and oxygen atoms in total. The number of benzene rings is 1. The van der Waals surface area contributed by atoms with Crippen LogP contribution in [0.4, 0.5) is 0 Å².